The molecule has 1 fully saturated rings. The summed E-state index contributed by atoms with van der Waals surface area (Å²) in [5.41, 5.74) is 3.71. The van der Waals surface area contributed by atoms with Crippen LogP contribution in [0.15, 0.2) is 59.4 Å². The maximum Gasteiger partial charge on any atom is 0.264 e. The van der Waals surface area contributed by atoms with E-state index >= 15 is 0 Å². The first-order valence-electron chi connectivity index (χ1n) is 12.3. The van der Waals surface area contributed by atoms with Gasteiger partial charge in [-0.25, -0.2) is 9.49 Å². The average Bonchev–Trinajstić information content (AvgIpc) is 3.11. The van der Waals surface area contributed by atoms with Crippen molar-refractivity contribution in [3.8, 4) is 5.75 Å². The summed E-state index contributed by atoms with van der Waals surface area (Å²) in [4.78, 5) is 30.6. The number of benzene rings is 2. The minimum Gasteiger partial charge on any atom is -0.491 e. The van der Waals surface area contributed by atoms with Crippen molar-refractivity contribution in [2.75, 3.05) is 44.2 Å². The molecule has 0 aliphatic carbocycles. The molecule has 1 aromatic heterocycles. The second-order valence-corrected chi connectivity index (χ2v) is 9.26. The summed E-state index contributed by atoms with van der Waals surface area (Å²) in [6, 6.07) is 16.0. The van der Waals surface area contributed by atoms with E-state index in [2.05, 4.69) is 32.1 Å². The SMILES string of the molecule is O=C(CCc1ccc(=O)[nH]n1)N1CCOc2ccc(CN3CCN(c4ccc(F)cc4)CC3)cc2C1. The zero-order valence-corrected chi connectivity index (χ0v) is 20.2. The van der Waals surface area contributed by atoms with Crippen LogP contribution in [-0.4, -0.2) is 65.2 Å². The van der Waals surface area contributed by atoms with Crippen LogP contribution < -0.4 is 15.2 Å². The number of carbonyl (C=O) groups excluding carboxylic acids is 1. The summed E-state index contributed by atoms with van der Waals surface area (Å²) >= 11 is 0. The fourth-order valence-corrected chi connectivity index (χ4v) is 4.74. The third-order valence-electron chi connectivity index (χ3n) is 6.76. The molecular formula is C27H30FN5O3. The number of H-pyrrole nitrogens is 1. The van der Waals surface area contributed by atoms with Gasteiger partial charge in [0.15, 0.2) is 0 Å². The van der Waals surface area contributed by atoms with Crippen molar-refractivity contribution < 1.29 is 13.9 Å². The average molecular weight is 492 g/mol. The van der Waals surface area contributed by atoms with Crippen LogP contribution in [0.1, 0.15) is 23.2 Å². The normalized spacial score (nSPS) is 16.2. The first-order chi connectivity index (χ1) is 17.5. The second-order valence-electron chi connectivity index (χ2n) is 9.26. The van der Waals surface area contributed by atoms with Crippen molar-refractivity contribution in [1.82, 2.24) is 20.0 Å². The summed E-state index contributed by atoms with van der Waals surface area (Å²) in [7, 11) is 0. The molecule has 1 N–H and O–H groups in total. The number of fused-ring (bicyclic) bond motifs is 1. The van der Waals surface area contributed by atoms with Gasteiger partial charge in [0, 0.05) is 69.4 Å². The van der Waals surface area contributed by atoms with Crippen LogP contribution >= 0.6 is 0 Å². The van der Waals surface area contributed by atoms with Gasteiger partial charge in [-0.1, -0.05) is 6.07 Å². The fraction of sp³-hybridized carbons (Fsp3) is 0.370. The van der Waals surface area contributed by atoms with E-state index in [9.17, 15) is 14.0 Å². The van der Waals surface area contributed by atoms with Crippen LogP contribution in [0.25, 0.3) is 0 Å². The number of hydrogen-bond donors (Lipinski definition) is 1. The predicted octanol–water partition coefficient (Wildman–Crippen LogP) is 2.58. The number of nitrogens with zero attached hydrogens (tertiary/aromatic N) is 4. The highest BCUT2D eigenvalue weighted by Gasteiger charge is 2.22. The molecule has 0 bridgehead atoms. The van der Waals surface area contributed by atoms with E-state index in [1.165, 1.54) is 23.8 Å². The lowest BCUT2D eigenvalue weighted by Gasteiger charge is -2.36. The first kappa shape index (κ1) is 24.0. The van der Waals surface area contributed by atoms with E-state index in [-0.39, 0.29) is 17.3 Å². The maximum atomic E-state index is 13.2. The molecule has 1 amide bonds. The minimum atomic E-state index is -0.253. The van der Waals surface area contributed by atoms with E-state index in [0.29, 0.717) is 38.2 Å². The molecule has 2 aliphatic heterocycles. The Morgan fingerprint density at radius 1 is 1.00 bits per heavy atom. The Morgan fingerprint density at radius 2 is 1.81 bits per heavy atom. The fourth-order valence-electron chi connectivity index (χ4n) is 4.74. The lowest BCUT2D eigenvalue weighted by Crippen LogP contribution is -2.45. The number of amides is 1. The van der Waals surface area contributed by atoms with Crippen LogP contribution in [0.3, 0.4) is 0 Å². The van der Waals surface area contributed by atoms with Crippen LogP contribution in [0, 0.1) is 5.82 Å². The molecule has 2 aliphatic rings. The van der Waals surface area contributed by atoms with E-state index in [4.69, 9.17) is 4.74 Å². The van der Waals surface area contributed by atoms with E-state index in [1.807, 2.05) is 23.1 Å². The number of nitrogens with one attached hydrogen (secondary N) is 1. The Hall–Kier alpha value is -3.72. The smallest absolute Gasteiger partial charge is 0.264 e. The predicted molar refractivity (Wildman–Crippen MR) is 134 cm³/mol. The number of ether oxygens (including phenoxy) is 1. The standard InChI is InChI=1S/C27H30FN5O3/c28-22-2-6-24(7-3-22)32-13-11-31(12-14-32)18-20-1-8-25-21(17-20)19-33(15-16-36-25)27(35)10-5-23-4-9-26(34)30-29-23/h1-4,6-9,17H,5,10-16,18-19H2,(H,30,34). The molecular weight excluding hydrogens is 461 g/mol. The Labute approximate surface area is 209 Å². The Morgan fingerprint density at radius 3 is 2.56 bits per heavy atom. The third-order valence-corrected chi connectivity index (χ3v) is 6.76. The van der Waals surface area contributed by atoms with Crippen molar-refractivity contribution in [2.45, 2.75) is 25.9 Å². The summed E-state index contributed by atoms with van der Waals surface area (Å²) in [5, 5.41) is 6.39. The zero-order valence-electron chi connectivity index (χ0n) is 20.2. The summed E-state index contributed by atoms with van der Waals surface area (Å²) in [5.74, 6) is 0.662. The van der Waals surface area contributed by atoms with Gasteiger partial charge in [-0.15, -0.1) is 0 Å². The number of carbonyl (C=O) groups is 1. The van der Waals surface area contributed by atoms with Crippen LogP contribution in [-0.2, 0) is 24.3 Å². The van der Waals surface area contributed by atoms with Crippen molar-refractivity contribution in [3.05, 3.63) is 87.6 Å². The number of halogens is 1. The van der Waals surface area contributed by atoms with Crippen molar-refractivity contribution in [2.24, 2.45) is 0 Å². The second kappa shape index (κ2) is 10.9. The quantitative estimate of drug-likeness (QED) is 0.571. The number of aryl methyl sites for hydroxylation is 1. The van der Waals surface area contributed by atoms with Gasteiger partial charge in [0.2, 0.25) is 5.91 Å². The Balaban J connectivity index is 1.17. The highest BCUT2D eigenvalue weighted by atomic mass is 19.1. The molecule has 3 heterocycles. The summed E-state index contributed by atoms with van der Waals surface area (Å²) in [6.45, 7) is 5.98. The van der Waals surface area contributed by atoms with Gasteiger partial charge < -0.3 is 14.5 Å². The molecule has 8 nitrogen and oxygen atoms in total. The highest BCUT2D eigenvalue weighted by molar-refractivity contribution is 5.76. The van der Waals surface area contributed by atoms with Gasteiger partial charge in [-0.05, 0) is 48.0 Å². The highest BCUT2D eigenvalue weighted by Crippen LogP contribution is 2.26. The van der Waals surface area contributed by atoms with Crippen molar-refractivity contribution in [3.63, 3.8) is 0 Å². The first-order valence-corrected chi connectivity index (χ1v) is 12.3. The maximum absolute atomic E-state index is 13.2. The van der Waals surface area contributed by atoms with Crippen molar-refractivity contribution >= 4 is 11.6 Å². The van der Waals surface area contributed by atoms with Crippen molar-refractivity contribution in [1.29, 1.82) is 0 Å². The molecule has 1 saturated heterocycles. The monoisotopic (exact) mass is 491 g/mol. The molecule has 5 rings (SSSR count). The number of hydrogen-bond acceptors (Lipinski definition) is 6. The van der Waals surface area contributed by atoms with Gasteiger partial charge in [0.25, 0.3) is 5.56 Å². The number of piperazine rings is 1. The van der Waals surface area contributed by atoms with Gasteiger partial charge in [0.05, 0.1) is 12.2 Å². The number of aromatic nitrogens is 2. The largest absolute Gasteiger partial charge is 0.491 e. The molecule has 2 aromatic carbocycles. The molecule has 0 atom stereocenters. The van der Waals surface area contributed by atoms with Gasteiger partial charge in [0.1, 0.15) is 18.2 Å². The topological polar surface area (TPSA) is 81.8 Å². The Bertz CT molecular complexity index is 1230. The molecule has 0 saturated carbocycles. The molecule has 188 valence electrons. The van der Waals surface area contributed by atoms with Crippen LogP contribution in [0.2, 0.25) is 0 Å². The molecule has 36 heavy (non-hydrogen) atoms. The van der Waals surface area contributed by atoms with E-state index in [0.717, 1.165) is 49.7 Å². The van der Waals surface area contributed by atoms with Gasteiger partial charge in [-0.3, -0.25) is 14.5 Å². The lowest BCUT2D eigenvalue weighted by atomic mass is 10.1. The summed E-state index contributed by atoms with van der Waals surface area (Å²) < 4.78 is 19.2. The molecule has 9 heteroatoms. The third kappa shape index (κ3) is 5.91. The van der Waals surface area contributed by atoms with Crippen LogP contribution in [0.4, 0.5) is 10.1 Å². The number of rotatable bonds is 6. The molecule has 3 aromatic rings. The Kier molecular flexibility index (Phi) is 7.27. The van der Waals surface area contributed by atoms with Crippen LogP contribution in [0.5, 0.6) is 5.75 Å². The summed E-state index contributed by atoms with van der Waals surface area (Å²) in [6.07, 6.45) is 0.802. The number of aromatic amines is 1. The molecule has 0 unspecified atom stereocenters. The molecule has 0 spiro atoms. The minimum absolute atomic E-state index is 0.0433. The van der Waals surface area contributed by atoms with E-state index in [1.54, 1.807) is 6.07 Å². The van der Waals surface area contributed by atoms with Gasteiger partial charge in [-0.2, -0.15) is 5.10 Å². The lowest BCUT2D eigenvalue weighted by molar-refractivity contribution is -0.131. The van der Waals surface area contributed by atoms with Gasteiger partial charge >= 0.3 is 0 Å². The molecule has 0 radical (unpaired) electrons. The number of anilines is 1. The zero-order chi connectivity index (χ0) is 24.9. The van der Waals surface area contributed by atoms with E-state index < -0.39 is 0 Å².